The highest BCUT2D eigenvalue weighted by atomic mass is 16.4. The third-order valence-corrected chi connectivity index (χ3v) is 1.97. The molecule has 5 heteroatoms. The molecule has 15 heavy (non-hydrogen) atoms. The van der Waals surface area contributed by atoms with E-state index in [1.807, 2.05) is 0 Å². The molecule has 0 bridgehead atoms. The van der Waals surface area contributed by atoms with E-state index in [-0.39, 0.29) is 5.69 Å². The van der Waals surface area contributed by atoms with E-state index < -0.39 is 5.97 Å². The van der Waals surface area contributed by atoms with Crippen molar-refractivity contribution in [3.63, 3.8) is 0 Å². The number of rotatable bonds is 3. The highest BCUT2D eigenvalue weighted by Crippen LogP contribution is 2.05. The second-order valence-corrected chi connectivity index (χ2v) is 3.07. The zero-order chi connectivity index (χ0) is 10.7. The van der Waals surface area contributed by atoms with Crippen molar-refractivity contribution in [2.24, 2.45) is 0 Å². The summed E-state index contributed by atoms with van der Waals surface area (Å²) in [6, 6.07) is 3.22. The van der Waals surface area contributed by atoms with Crippen molar-refractivity contribution < 1.29 is 9.90 Å². The SMILES string of the molecule is O=C(O)c1ccc(Cc2ncc[nH]2)cn1. The van der Waals surface area contributed by atoms with Gasteiger partial charge in [-0.3, -0.25) is 0 Å². The first-order chi connectivity index (χ1) is 7.25. The lowest BCUT2D eigenvalue weighted by molar-refractivity contribution is 0.0690. The molecule has 0 spiro atoms. The Morgan fingerprint density at radius 3 is 2.80 bits per heavy atom. The van der Waals surface area contributed by atoms with Crippen LogP contribution in [0.15, 0.2) is 30.7 Å². The Hall–Kier alpha value is -2.17. The number of pyridine rings is 1. The summed E-state index contributed by atoms with van der Waals surface area (Å²) >= 11 is 0. The number of H-pyrrole nitrogens is 1. The van der Waals surface area contributed by atoms with E-state index in [2.05, 4.69) is 15.0 Å². The highest BCUT2D eigenvalue weighted by molar-refractivity contribution is 5.85. The van der Waals surface area contributed by atoms with E-state index in [4.69, 9.17) is 5.11 Å². The van der Waals surface area contributed by atoms with Gasteiger partial charge in [0.25, 0.3) is 0 Å². The Balaban J connectivity index is 2.14. The second-order valence-electron chi connectivity index (χ2n) is 3.07. The summed E-state index contributed by atoms with van der Waals surface area (Å²) in [4.78, 5) is 21.4. The number of nitrogens with one attached hydrogen (secondary N) is 1. The Kier molecular flexibility index (Phi) is 2.45. The minimum absolute atomic E-state index is 0.0539. The normalized spacial score (nSPS) is 10.1. The maximum absolute atomic E-state index is 10.5. The number of carboxylic acids is 1. The van der Waals surface area contributed by atoms with Crippen LogP contribution in [0, 0.1) is 0 Å². The van der Waals surface area contributed by atoms with E-state index in [1.165, 1.54) is 6.07 Å². The molecule has 0 aliphatic rings. The molecule has 5 nitrogen and oxygen atoms in total. The lowest BCUT2D eigenvalue weighted by Gasteiger charge is -1.98. The van der Waals surface area contributed by atoms with E-state index in [9.17, 15) is 4.79 Å². The molecule has 0 unspecified atom stereocenters. The molecular formula is C10H9N3O2. The molecule has 0 atom stereocenters. The molecule has 0 fully saturated rings. The maximum atomic E-state index is 10.5. The van der Waals surface area contributed by atoms with Gasteiger partial charge in [0.05, 0.1) is 0 Å². The van der Waals surface area contributed by atoms with Gasteiger partial charge in [-0.05, 0) is 11.6 Å². The fourth-order valence-electron chi connectivity index (χ4n) is 1.24. The van der Waals surface area contributed by atoms with Gasteiger partial charge in [0.15, 0.2) is 0 Å². The smallest absolute Gasteiger partial charge is 0.354 e. The molecule has 0 saturated carbocycles. The number of carbonyl (C=O) groups is 1. The van der Waals surface area contributed by atoms with Gasteiger partial charge in [-0.1, -0.05) is 6.07 Å². The summed E-state index contributed by atoms with van der Waals surface area (Å²) < 4.78 is 0. The fraction of sp³-hybridized carbons (Fsp3) is 0.100. The molecule has 76 valence electrons. The molecule has 2 heterocycles. The van der Waals surface area contributed by atoms with Gasteiger partial charge in [-0.25, -0.2) is 14.8 Å². The molecule has 2 aromatic rings. The number of aromatic nitrogens is 3. The number of hydrogen-bond donors (Lipinski definition) is 2. The highest BCUT2D eigenvalue weighted by Gasteiger charge is 2.04. The largest absolute Gasteiger partial charge is 0.477 e. The number of nitrogens with zero attached hydrogens (tertiary/aromatic N) is 2. The lowest BCUT2D eigenvalue weighted by atomic mass is 10.2. The predicted octanol–water partition coefficient (Wildman–Crippen LogP) is 1.09. The minimum atomic E-state index is -1.01. The van der Waals surface area contributed by atoms with Gasteiger partial charge in [-0.15, -0.1) is 0 Å². The van der Waals surface area contributed by atoms with Crippen LogP contribution >= 0.6 is 0 Å². The van der Waals surface area contributed by atoms with Crippen molar-refractivity contribution in [1.29, 1.82) is 0 Å². The van der Waals surface area contributed by atoms with Gasteiger partial charge in [-0.2, -0.15) is 0 Å². The second kappa shape index (κ2) is 3.91. The molecule has 0 aromatic carbocycles. The summed E-state index contributed by atoms with van der Waals surface area (Å²) in [5.41, 5.74) is 0.980. The number of carboxylic acid groups (broad SMARTS) is 1. The van der Waals surface area contributed by atoms with E-state index in [0.717, 1.165) is 11.4 Å². The van der Waals surface area contributed by atoms with Crippen LogP contribution in [-0.2, 0) is 6.42 Å². The van der Waals surface area contributed by atoms with Gasteiger partial charge in [0.1, 0.15) is 11.5 Å². The van der Waals surface area contributed by atoms with Crippen LogP contribution in [0.4, 0.5) is 0 Å². The first-order valence-electron chi connectivity index (χ1n) is 4.42. The average Bonchev–Trinajstić information content (AvgIpc) is 2.71. The van der Waals surface area contributed by atoms with Crippen LogP contribution in [0.3, 0.4) is 0 Å². The van der Waals surface area contributed by atoms with Gasteiger partial charge in [0, 0.05) is 25.0 Å². The summed E-state index contributed by atoms with van der Waals surface area (Å²) in [6.45, 7) is 0. The summed E-state index contributed by atoms with van der Waals surface area (Å²) in [7, 11) is 0. The Morgan fingerprint density at radius 1 is 1.40 bits per heavy atom. The minimum Gasteiger partial charge on any atom is -0.477 e. The quantitative estimate of drug-likeness (QED) is 0.782. The number of aromatic carboxylic acids is 1. The van der Waals surface area contributed by atoms with E-state index >= 15 is 0 Å². The number of imidazole rings is 1. The van der Waals surface area contributed by atoms with Crippen LogP contribution in [0.5, 0.6) is 0 Å². The Labute approximate surface area is 85.8 Å². The van der Waals surface area contributed by atoms with Crippen molar-refractivity contribution in [1.82, 2.24) is 15.0 Å². The van der Waals surface area contributed by atoms with Crippen LogP contribution in [0.1, 0.15) is 21.9 Å². The Bertz CT molecular complexity index is 448. The molecule has 0 aliphatic heterocycles. The maximum Gasteiger partial charge on any atom is 0.354 e. The van der Waals surface area contributed by atoms with Crippen LogP contribution in [0.2, 0.25) is 0 Å². The molecular weight excluding hydrogens is 194 g/mol. The van der Waals surface area contributed by atoms with Crippen LogP contribution in [-0.4, -0.2) is 26.0 Å². The summed E-state index contributed by atoms with van der Waals surface area (Å²) in [5, 5.41) is 8.65. The van der Waals surface area contributed by atoms with Crippen LogP contribution < -0.4 is 0 Å². The van der Waals surface area contributed by atoms with Crippen molar-refractivity contribution in [2.75, 3.05) is 0 Å². The van der Waals surface area contributed by atoms with Crippen molar-refractivity contribution >= 4 is 5.97 Å². The zero-order valence-electron chi connectivity index (χ0n) is 7.84. The topological polar surface area (TPSA) is 78.9 Å². The molecule has 0 radical (unpaired) electrons. The molecule has 2 N–H and O–H groups in total. The van der Waals surface area contributed by atoms with Gasteiger partial charge >= 0.3 is 5.97 Å². The van der Waals surface area contributed by atoms with Crippen molar-refractivity contribution in [3.05, 3.63) is 47.8 Å². The first-order valence-corrected chi connectivity index (χ1v) is 4.42. The third kappa shape index (κ3) is 2.19. The number of hydrogen-bond acceptors (Lipinski definition) is 3. The van der Waals surface area contributed by atoms with Crippen molar-refractivity contribution in [3.8, 4) is 0 Å². The average molecular weight is 203 g/mol. The van der Waals surface area contributed by atoms with E-state index in [0.29, 0.717) is 6.42 Å². The molecule has 2 rings (SSSR count). The number of aromatic amines is 1. The molecule has 0 saturated heterocycles. The zero-order valence-corrected chi connectivity index (χ0v) is 7.84. The van der Waals surface area contributed by atoms with Gasteiger partial charge in [0.2, 0.25) is 0 Å². The van der Waals surface area contributed by atoms with Crippen molar-refractivity contribution in [2.45, 2.75) is 6.42 Å². The molecule has 0 aliphatic carbocycles. The predicted molar refractivity (Wildman–Crippen MR) is 52.6 cm³/mol. The lowest BCUT2D eigenvalue weighted by Crippen LogP contribution is -2.00. The third-order valence-electron chi connectivity index (χ3n) is 1.97. The van der Waals surface area contributed by atoms with Crippen LogP contribution in [0.25, 0.3) is 0 Å². The summed E-state index contributed by atoms with van der Waals surface area (Å²) in [5.74, 6) is -0.181. The standard InChI is InChI=1S/C10H9N3O2/c14-10(15)8-2-1-7(6-13-8)5-9-11-3-4-12-9/h1-4,6H,5H2,(H,11,12)(H,14,15). The van der Waals surface area contributed by atoms with E-state index in [1.54, 1.807) is 24.7 Å². The summed E-state index contributed by atoms with van der Waals surface area (Å²) in [6.07, 6.45) is 5.59. The first kappa shape index (κ1) is 9.39. The Morgan fingerprint density at radius 2 is 2.27 bits per heavy atom. The fourth-order valence-corrected chi connectivity index (χ4v) is 1.24. The molecule has 2 aromatic heterocycles. The monoisotopic (exact) mass is 203 g/mol. The van der Waals surface area contributed by atoms with Gasteiger partial charge < -0.3 is 10.1 Å². The molecule has 0 amide bonds.